The Bertz CT molecular complexity index is 514. The second-order valence-corrected chi connectivity index (χ2v) is 5.26. The van der Waals surface area contributed by atoms with Gasteiger partial charge in [0.05, 0.1) is 6.04 Å². The summed E-state index contributed by atoms with van der Waals surface area (Å²) in [5, 5.41) is 3.30. The molecule has 5 heteroatoms. The minimum absolute atomic E-state index is 0.00355. The van der Waals surface area contributed by atoms with Crippen molar-refractivity contribution in [2.45, 2.75) is 13.0 Å². The van der Waals surface area contributed by atoms with Crippen LogP contribution >= 0.6 is 0 Å². The van der Waals surface area contributed by atoms with E-state index in [-0.39, 0.29) is 17.9 Å². The molecule has 1 aliphatic heterocycles. The maximum Gasteiger partial charge on any atom is 0.253 e. The Morgan fingerprint density at radius 3 is 2.75 bits per heavy atom. The van der Waals surface area contributed by atoms with E-state index in [9.17, 15) is 9.59 Å². The number of benzene rings is 1. The highest BCUT2D eigenvalue weighted by Gasteiger charge is 2.26. The molecular formula is C15H21N3O2. The van der Waals surface area contributed by atoms with E-state index in [1.807, 2.05) is 23.1 Å². The third-order valence-corrected chi connectivity index (χ3v) is 3.57. The van der Waals surface area contributed by atoms with E-state index < -0.39 is 0 Å². The van der Waals surface area contributed by atoms with Gasteiger partial charge in [-0.2, -0.15) is 0 Å². The van der Waals surface area contributed by atoms with Gasteiger partial charge < -0.3 is 15.1 Å². The normalized spacial score (nSPS) is 18.8. The molecule has 0 aliphatic carbocycles. The zero-order valence-electron chi connectivity index (χ0n) is 12.2. The second kappa shape index (κ2) is 6.05. The third kappa shape index (κ3) is 2.99. The summed E-state index contributed by atoms with van der Waals surface area (Å²) in [4.78, 5) is 27.2. The van der Waals surface area contributed by atoms with Crippen LogP contribution in [0.3, 0.4) is 0 Å². The van der Waals surface area contributed by atoms with Crippen molar-refractivity contribution in [1.29, 1.82) is 0 Å². The summed E-state index contributed by atoms with van der Waals surface area (Å²) in [6, 6.07) is 7.53. The van der Waals surface area contributed by atoms with Crippen LogP contribution in [0.4, 0.5) is 0 Å². The van der Waals surface area contributed by atoms with Crippen LogP contribution in [0.2, 0.25) is 0 Å². The molecule has 0 saturated carbocycles. The van der Waals surface area contributed by atoms with Crippen molar-refractivity contribution in [3.8, 4) is 0 Å². The predicted molar refractivity (Wildman–Crippen MR) is 77.5 cm³/mol. The van der Waals surface area contributed by atoms with Crippen molar-refractivity contribution in [3.05, 3.63) is 35.4 Å². The molecule has 2 rings (SSSR count). The predicted octanol–water partition coefficient (Wildman–Crippen LogP) is 0.881. The number of carbonyl (C=O) groups is 2. The summed E-state index contributed by atoms with van der Waals surface area (Å²) in [7, 11) is 3.47. The van der Waals surface area contributed by atoms with Crippen molar-refractivity contribution < 1.29 is 9.59 Å². The fraction of sp³-hybridized carbons (Fsp3) is 0.467. The number of piperazine rings is 1. The Labute approximate surface area is 119 Å². The molecule has 0 bridgehead atoms. The van der Waals surface area contributed by atoms with Gasteiger partial charge in [-0.15, -0.1) is 0 Å². The minimum atomic E-state index is -0.0232. The number of nitrogens with zero attached hydrogens (tertiary/aromatic N) is 2. The fourth-order valence-electron chi connectivity index (χ4n) is 2.52. The smallest absolute Gasteiger partial charge is 0.253 e. The van der Waals surface area contributed by atoms with Crippen LogP contribution in [0.1, 0.15) is 28.9 Å². The number of hydrogen-bond donors (Lipinski definition) is 1. The molecule has 1 aliphatic rings. The number of hydrogen-bond acceptors (Lipinski definition) is 3. The molecule has 0 aromatic heterocycles. The Balaban J connectivity index is 2.29. The molecule has 108 valence electrons. The summed E-state index contributed by atoms with van der Waals surface area (Å²) in [6.45, 7) is 3.82. The van der Waals surface area contributed by atoms with Crippen LogP contribution in [0, 0.1) is 0 Å². The SMILES string of the molecule is CC(=O)N1CCNC[C@H]1c1cccc(C(=O)N(C)C)c1. The van der Waals surface area contributed by atoms with Crippen LogP contribution in [0.5, 0.6) is 0 Å². The summed E-state index contributed by atoms with van der Waals surface area (Å²) >= 11 is 0. The number of rotatable bonds is 2. The second-order valence-electron chi connectivity index (χ2n) is 5.26. The van der Waals surface area contributed by atoms with Gasteiger partial charge >= 0.3 is 0 Å². The molecule has 1 aromatic carbocycles. The molecule has 5 nitrogen and oxygen atoms in total. The third-order valence-electron chi connectivity index (χ3n) is 3.57. The van der Waals surface area contributed by atoms with E-state index in [4.69, 9.17) is 0 Å². The number of amides is 2. The van der Waals surface area contributed by atoms with E-state index in [2.05, 4.69) is 5.32 Å². The molecule has 0 radical (unpaired) electrons. The number of carbonyl (C=O) groups excluding carboxylic acids is 2. The van der Waals surface area contributed by atoms with Gasteiger partial charge in [0.2, 0.25) is 5.91 Å². The lowest BCUT2D eigenvalue weighted by Gasteiger charge is -2.36. The molecule has 1 N–H and O–H groups in total. The van der Waals surface area contributed by atoms with Crippen molar-refractivity contribution in [3.63, 3.8) is 0 Å². The maximum atomic E-state index is 12.0. The van der Waals surface area contributed by atoms with Crippen molar-refractivity contribution in [1.82, 2.24) is 15.1 Å². The van der Waals surface area contributed by atoms with Crippen LogP contribution in [-0.2, 0) is 4.79 Å². The lowest BCUT2D eigenvalue weighted by atomic mass is 10.0. The van der Waals surface area contributed by atoms with Gasteiger partial charge in [-0.1, -0.05) is 12.1 Å². The highest BCUT2D eigenvalue weighted by atomic mass is 16.2. The standard InChI is InChI=1S/C15H21N3O2/c1-11(19)18-8-7-16-10-14(18)12-5-4-6-13(9-12)15(20)17(2)3/h4-6,9,14,16H,7-8,10H2,1-3H3/t14-/m0/s1. The first-order valence-electron chi connectivity index (χ1n) is 6.80. The molecule has 1 fully saturated rings. The maximum absolute atomic E-state index is 12.0. The van der Waals surface area contributed by atoms with Crippen LogP contribution in [0.15, 0.2) is 24.3 Å². The van der Waals surface area contributed by atoms with Crippen molar-refractivity contribution >= 4 is 11.8 Å². The molecule has 1 atom stereocenters. The summed E-state index contributed by atoms with van der Waals surface area (Å²) in [6.07, 6.45) is 0. The zero-order valence-corrected chi connectivity index (χ0v) is 12.2. The molecular weight excluding hydrogens is 254 g/mol. The average molecular weight is 275 g/mol. The quantitative estimate of drug-likeness (QED) is 0.872. The Morgan fingerprint density at radius 2 is 2.10 bits per heavy atom. The molecule has 0 unspecified atom stereocenters. The van der Waals surface area contributed by atoms with Crippen molar-refractivity contribution in [2.75, 3.05) is 33.7 Å². The van der Waals surface area contributed by atoms with Crippen molar-refractivity contribution in [2.24, 2.45) is 0 Å². The van der Waals surface area contributed by atoms with Gasteiger partial charge in [-0.25, -0.2) is 0 Å². The van der Waals surface area contributed by atoms with Crippen LogP contribution < -0.4 is 5.32 Å². The van der Waals surface area contributed by atoms with E-state index in [1.54, 1.807) is 32.0 Å². The van der Waals surface area contributed by atoms with E-state index >= 15 is 0 Å². The van der Waals surface area contributed by atoms with Crippen LogP contribution in [-0.4, -0.2) is 55.3 Å². The molecule has 1 saturated heterocycles. The molecule has 20 heavy (non-hydrogen) atoms. The summed E-state index contributed by atoms with van der Waals surface area (Å²) in [5.41, 5.74) is 1.65. The first-order valence-corrected chi connectivity index (χ1v) is 6.80. The van der Waals surface area contributed by atoms with Gasteiger partial charge in [0.1, 0.15) is 0 Å². The van der Waals surface area contributed by atoms with E-state index in [1.165, 1.54) is 0 Å². The molecule has 1 heterocycles. The largest absolute Gasteiger partial charge is 0.345 e. The van der Waals surface area contributed by atoms with Gasteiger partial charge in [-0.3, -0.25) is 9.59 Å². The summed E-state index contributed by atoms with van der Waals surface area (Å²) < 4.78 is 0. The highest BCUT2D eigenvalue weighted by Crippen LogP contribution is 2.23. The van der Waals surface area contributed by atoms with Gasteiger partial charge in [0.25, 0.3) is 5.91 Å². The Kier molecular flexibility index (Phi) is 4.39. The first-order chi connectivity index (χ1) is 9.50. The lowest BCUT2D eigenvalue weighted by molar-refractivity contribution is -0.132. The van der Waals surface area contributed by atoms with E-state index in [0.717, 1.165) is 18.7 Å². The molecule has 2 amide bonds. The van der Waals surface area contributed by atoms with Crippen LogP contribution in [0.25, 0.3) is 0 Å². The highest BCUT2D eigenvalue weighted by molar-refractivity contribution is 5.94. The monoisotopic (exact) mass is 275 g/mol. The molecule has 1 aromatic rings. The Hall–Kier alpha value is -1.88. The van der Waals surface area contributed by atoms with Gasteiger partial charge in [-0.05, 0) is 17.7 Å². The number of nitrogens with one attached hydrogen (secondary N) is 1. The average Bonchev–Trinajstić information content (AvgIpc) is 2.46. The van der Waals surface area contributed by atoms with Gasteiger partial charge in [0.15, 0.2) is 0 Å². The minimum Gasteiger partial charge on any atom is -0.345 e. The topological polar surface area (TPSA) is 52.7 Å². The fourth-order valence-corrected chi connectivity index (χ4v) is 2.52. The van der Waals surface area contributed by atoms with E-state index in [0.29, 0.717) is 12.1 Å². The first kappa shape index (κ1) is 14.5. The summed E-state index contributed by atoms with van der Waals surface area (Å²) in [5.74, 6) is 0.0471. The molecule has 0 spiro atoms. The Morgan fingerprint density at radius 1 is 1.35 bits per heavy atom. The lowest BCUT2D eigenvalue weighted by Crippen LogP contribution is -2.47. The van der Waals surface area contributed by atoms with Gasteiger partial charge in [0, 0.05) is 46.2 Å². The zero-order chi connectivity index (χ0) is 14.7.